The maximum Gasteiger partial charge on any atom is 0.411 e. The molecule has 1 atom stereocenters. The van der Waals surface area contributed by atoms with Gasteiger partial charge in [-0.15, -0.1) is 0 Å². The van der Waals surface area contributed by atoms with Crippen molar-refractivity contribution in [1.82, 2.24) is 10.2 Å². The maximum atomic E-state index is 11.8. The van der Waals surface area contributed by atoms with E-state index in [-0.39, 0.29) is 25.1 Å². The van der Waals surface area contributed by atoms with E-state index in [1.807, 2.05) is 0 Å². The number of carbonyl (C=O) groups is 1. The minimum atomic E-state index is -4.31. The van der Waals surface area contributed by atoms with Crippen molar-refractivity contribution >= 4 is 5.91 Å². The fourth-order valence-corrected chi connectivity index (χ4v) is 1.79. The summed E-state index contributed by atoms with van der Waals surface area (Å²) in [5.74, 6) is -0.0608. The van der Waals surface area contributed by atoms with E-state index in [9.17, 15) is 18.0 Å². The summed E-state index contributed by atoms with van der Waals surface area (Å²) < 4.78 is 39.9. The molecular formula is C10H17F3N2O2. The molecule has 1 aliphatic rings. The van der Waals surface area contributed by atoms with E-state index in [0.29, 0.717) is 6.54 Å². The van der Waals surface area contributed by atoms with E-state index >= 15 is 0 Å². The minimum Gasteiger partial charge on any atom is -0.370 e. The second-order valence-corrected chi connectivity index (χ2v) is 3.98. The smallest absolute Gasteiger partial charge is 0.370 e. The molecule has 1 unspecified atom stereocenters. The number of nitrogens with one attached hydrogen (secondary N) is 1. The normalized spacial score (nSPS) is 22.0. The van der Waals surface area contributed by atoms with Crippen molar-refractivity contribution in [3.8, 4) is 0 Å². The Morgan fingerprint density at radius 2 is 2.24 bits per heavy atom. The average Bonchev–Trinajstić information content (AvgIpc) is 2.25. The number of nitrogens with zero attached hydrogens (tertiary/aromatic N) is 1. The molecule has 0 aromatic heterocycles. The van der Waals surface area contributed by atoms with Crippen LogP contribution in [0.1, 0.15) is 12.8 Å². The first kappa shape index (κ1) is 14.2. The molecule has 1 aliphatic heterocycles. The summed E-state index contributed by atoms with van der Waals surface area (Å²) in [5.41, 5.74) is 0. The molecule has 0 spiro atoms. The molecule has 0 aromatic rings. The van der Waals surface area contributed by atoms with Gasteiger partial charge in [0.05, 0.1) is 12.6 Å². The summed E-state index contributed by atoms with van der Waals surface area (Å²) in [6, 6.07) is -0.216. The number of likely N-dealkylation sites (tertiary alicyclic amines) is 1. The zero-order valence-corrected chi connectivity index (χ0v) is 9.72. The third kappa shape index (κ3) is 4.91. The molecule has 1 rings (SSSR count). The number of hydrogen-bond donors (Lipinski definition) is 1. The molecule has 0 aliphatic carbocycles. The van der Waals surface area contributed by atoms with E-state index in [1.54, 1.807) is 11.9 Å². The highest BCUT2D eigenvalue weighted by atomic mass is 19.4. The number of piperidine rings is 1. The van der Waals surface area contributed by atoms with Crippen LogP contribution in [0.3, 0.4) is 0 Å². The molecule has 0 bridgehead atoms. The van der Waals surface area contributed by atoms with Crippen molar-refractivity contribution in [2.45, 2.75) is 25.1 Å². The van der Waals surface area contributed by atoms with Crippen molar-refractivity contribution in [3.63, 3.8) is 0 Å². The van der Waals surface area contributed by atoms with E-state index in [1.165, 1.54) is 0 Å². The number of amides is 1. The van der Waals surface area contributed by atoms with Crippen LogP contribution in [-0.4, -0.2) is 56.4 Å². The van der Waals surface area contributed by atoms with Crippen molar-refractivity contribution < 1.29 is 22.7 Å². The van der Waals surface area contributed by atoms with Crippen molar-refractivity contribution in [1.29, 1.82) is 0 Å². The molecule has 17 heavy (non-hydrogen) atoms. The third-order valence-electron chi connectivity index (χ3n) is 2.65. The Hall–Kier alpha value is -0.820. The molecule has 4 nitrogen and oxygen atoms in total. The molecule has 0 aromatic carbocycles. The predicted octanol–water partition coefficient (Wildman–Crippen LogP) is 0.776. The summed E-state index contributed by atoms with van der Waals surface area (Å²) in [6.07, 6.45) is -2.68. The van der Waals surface area contributed by atoms with Gasteiger partial charge in [0.2, 0.25) is 5.91 Å². The largest absolute Gasteiger partial charge is 0.411 e. The lowest BCUT2D eigenvalue weighted by atomic mass is 10.1. The van der Waals surface area contributed by atoms with Gasteiger partial charge in [-0.1, -0.05) is 0 Å². The van der Waals surface area contributed by atoms with Gasteiger partial charge in [0.15, 0.2) is 0 Å². The van der Waals surface area contributed by atoms with Crippen LogP contribution in [0, 0.1) is 0 Å². The number of rotatable bonds is 5. The Bertz CT molecular complexity index is 258. The van der Waals surface area contributed by atoms with Crippen LogP contribution < -0.4 is 5.32 Å². The van der Waals surface area contributed by atoms with Crippen molar-refractivity contribution in [2.24, 2.45) is 0 Å². The molecular weight excluding hydrogens is 237 g/mol. The molecule has 7 heteroatoms. The zero-order chi connectivity index (χ0) is 12.9. The first-order chi connectivity index (χ1) is 7.94. The van der Waals surface area contributed by atoms with E-state index in [2.05, 4.69) is 10.1 Å². The number of hydrogen-bond acceptors (Lipinski definition) is 3. The van der Waals surface area contributed by atoms with E-state index < -0.39 is 12.8 Å². The van der Waals surface area contributed by atoms with Gasteiger partial charge in [-0.2, -0.15) is 13.2 Å². The van der Waals surface area contributed by atoms with Gasteiger partial charge in [0.1, 0.15) is 6.61 Å². The molecule has 0 saturated carbocycles. The van der Waals surface area contributed by atoms with Gasteiger partial charge in [-0.05, 0) is 19.9 Å². The predicted molar refractivity (Wildman–Crippen MR) is 55.5 cm³/mol. The zero-order valence-electron chi connectivity index (χ0n) is 9.72. The summed E-state index contributed by atoms with van der Waals surface area (Å²) >= 11 is 0. The molecule has 1 saturated heterocycles. The highest BCUT2D eigenvalue weighted by Gasteiger charge is 2.29. The lowest BCUT2D eigenvalue weighted by Crippen LogP contribution is -2.50. The molecule has 100 valence electrons. The van der Waals surface area contributed by atoms with E-state index in [0.717, 1.165) is 12.8 Å². The number of ether oxygens (including phenoxy) is 1. The van der Waals surface area contributed by atoms with Crippen LogP contribution in [0.4, 0.5) is 13.2 Å². The van der Waals surface area contributed by atoms with Gasteiger partial charge in [-0.25, -0.2) is 0 Å². The molecule has 1 amide bonds. The van der Waals surface area contributed by atoms with Crippen LogP contribution in [0.15, 0.2) is 0 Å². The summed E-state index contributed by atoms with van der Waals surface area (Å²) in [6.45, 7) is -0.536. The van der Waals surface area contributed by atoms with E-state index in [4.69, 9.17) is 0 Å². The van der Waals surface area contributed by atoms with Gasteiger partial charge < -0.3 is 15.0 Å². The van der Waals surface area contributed by atoms with Crippen LogP contribution in [0.25, 0.3) is 0 Å². The van der Waals surface area contributed by atoms with Gasteiger partial charge in [0, 0.05) is 13.1 Å². The number of carbonyl (C=O) groups excluding carboxylic acids is 1. The monoisotopic (exact) mass is 254 g/mol. The topological polar surface area (TPSA) is 41.6 Å². The average molecular weight is 254 g/mol. The van der Waals surface area contributed by atoms with Gasteiger partial charge >= 0.3 is 6.18 Å². The Labute approximate surface area is 98.1 Å². The second kappa shape index (κ2) is 6.20. The van der Waals surface area contributed by atoms with Gasteiger partial charge in [-0.3, -0.25) is 4.79 Å². The minimum absolute atomic E-state index is 0.0608. The lowest BCUT2D eigenvalue weighted by Gasteiger charge is -2.32. The Morgan fingerprint density at radius 3 is 2.82 bits per heavy atom. The van der Waals surface area contributed by atoms with Crippen LogP contribution >= 0.6 is 0 Å². The highest BCUT2D eigenvalue weighted by Crippen LogP contribution is 2.15. The van der Waals surface area contributed by atoms with Crippen LogP contribution in [0.5, 0.6) is 0 Å². The Morgan fingerprint density at radius 1 is 1.53 bits per heavy atom. The Balaban J connectivity index is 2.24. The van der Waals surface area contributed by atoms with Crippen molar-refractivity contribution in [2.75, 3.05) is 33.4 Å². The van der Waals surface area contributed by atoms with Gasteiger partial charge in [0.25, 0.3) is 0 Å². The standard InChI is InChI=1S/C10H17F3N2O2/c1-14-8-3-2-4-15(9(8)16)5-6-17-7-10(11,12)13/h8,14H,2-7H2,1H3. The number of likely N-dealkylation sites (N-methyl/N-ethyl adjacent to an activating group) is 1. The molecule has 1 fully saturated rings. The molecule has 0 radical (unpaired) electrons. The number of halogens is 3. The SMILES string of the molecule is CNC1CCCN(CCOCC(F)(F)F)C1=O. The third-order valence-corrected chi connectivity index (χ3v) is 2.65. The summed E-state index contributed by atoms with van der Waals surface area (Å²) in [5, 5.41) is 2.89. The summed E-state index contributed by atoms with van der Waals surface area (Å²) in [4.78, 5) is 13.3. The Kier molecular flexibility index (Phi) is 5.20. The first-order valence-corrected chi connectivity index (χ1v) is 5.54. The fourth-order valence-electron chi connectivity index (χ4n) is 1.79. The maximum absolute atomic E-state index is 11.8. The van der Waals surface area contributed by atoms with Crippen molar-refractivity contribution in [3.05, 3.63) is 0 Å². The fraction of sp³-hybridized carbons (Fsp3) is 0.900. The molecule has 1 heterocycles. The second-order valence-electron chi connectivity index (χ2n) is 3.98. The lowest BCUT2D eigenvalue weighted by molar-refractivity contribution is -0.175. The quantitative estimate of drug-likeness (QED) is 0.737. The summed E-state index contributed by atoms with van der Waals surface area (Å²) in [7, 11) is 1.70. The number of alkyl halides is 3. The van der Waals surface area contributed by atoms with Crippen LogP contribution in [0.2, 0.25) is 0 Å². The van der Waals surface area contributed by atoms with Crippen LogP contribution in [-0.2, 0) is 9.53 Å². The molecule has 1 N–H and O–H groups in total. The first-order valence-electron chi connectivity index (χ1n) is 5.54. The highest BCUT2D eigenvalue weighted by molar-refractivity contribution is 5.82.